The summed E-state index contributed by atoms with van der Waals surface area (Å²) in [5, 5.41) is 6.52. The molecule has 4 amide bonds. The van der Waals surface area contributed by atoms with Gasteiger partial charge in [-0.1, -0.05) is 33.8 Å². The lowest BCUT2D eigenvalue weighted by Gasteiger charge is -2.31. The Kier molecular flexibility index (Phi) is 12.0. The third-order valence-corrected chi connectivity index (χ3v) is 15.3. The van der Waals surface area contributed by atoms with Gasteiger partial charge < -0.3 is 44.6 Å². The number of nitrogens with zero attached hydrogens (tertiary/aromatic N) is 5. The highest BCUT2D eigenvalue weighted by atomic mass is 32.1. The molecule has 16 nitrogen and oxygen atoms in total. The molecule has 17 heteroatoms. The zero-order valence-corrected chi connectivity index (χ0v) is 40.4. The smallest absolute Gasteiger partial charge is 0.407 e. The number of likely N-dealkylation sites (tertiary alicyclic amines) is 2. The van der Waals surface area contributed by atoms with E-state index in [9.17, 15) is 19.2 Å². The van der Waals surface area contributed by atoms with Crippen molar-refractivity contribution in [1.29, 1.82) is 0 Å². The number of rotatable bonds is 12. The number of amides is 4. The van der Waals surface area contributed by atoms with Crippen molar-refractivity contribution in [3.05, 3.63) is 87.9 Å². The van der Waals surface area contributed by atoms with Gasteiger partial charge in [0.15, 0.2) is 0 Å². The molecule has 4 N–H and O–H groups in total. The molecule has 0 radical (unpaired) electrons. The first-order valence-electron chi connectivity index (χ1n) is 23.8. The lowest BCUT2D eigenvalue weighted by Crippen LogP contribution is -2.51. The zero-order chi connectivity index (χ0) is 47.5. The predicted molar refractivity (Wildman–Crippen MR) is 258 cm³/mol. The molecule has 3 aliphatic heterocycles. The van der Waals surface area contributed by atoms with Crippen LogP contribution in [0.3, 0.4) is 0 Å². The van der Waals surface area contributed by atoms with Gasteiger partial charge in [-0.05, 0) is 111 Å². The van der Waals surface area contributed by atoms with Crippen molar-refractivity contribution in [2.24, 2.45) is 11.8 Å². The van der Waals surface area contributed by atoms with E-state index in [2.05, 4.69) is 80.6 Å². The quantitative estimate of drug-likeness (QED) is 0.0927. The molecule has 68 heavy (non-hydrogen) atoms. The number of fused-ring (bicyclic) bond motifs is 5. The van der Waals surface area contributed by atoms with E-state index in [0.717, 1.165) is 86.5 Å². The van der Waals surface area contributed by atoms with Crippen LogP contribution in [0.25, 0.3) is 44.7 Å². The number of ether oxygens (including phenoxy) is 3. The van der Waals surface area contributed by atoms with Gasteiger partial charge in [0.2, 0.25) is 18.0 Å². The van der Waals surface area contributed by atoms with E-state index in [1.165, 1.54) is 31.9 Å². The summed E-state index contributed by atoms with van der Waals surface area (Å²) in [6, 6.07) is 15.5. The molecule has 4 aliphatic rings. The van der Waals surface area contributed by atoms with Crippen LogP contribution in [0.4, 0.5) is 9.59 Å². The second kappa shape index (κ2) is 18.1. The molecule has 7 heterocycles. The number of benzene rings is 2. The van der Waals surface area contributed by atoms with Crippen LogP contribution in [-0.4, -0.2) is 97.7 Å². The van der Waals surface area contributed by atoms with E-state index in [1.54, 1.807) is 0 Å². The van der Waals surface area contributed by atoms with E-state index in [0.29, 0.717) is 30.7 Å². The van der Waals surface area contributed by atoms with Crippen molar-refractivity contribution in [3.63, 3.8) is 0 Å². The minimum atomic E-state index is -0.718. The monoisotopic (exact) mass is 941 g/mol. The second-order valence-corrected chi connectivity index (χ2v) is 20.4. The number of carbonyl (C=O) groups is 4. The van der Waals surface area contributed by atoms with Crippen LogP contribution in [0, 0.1) is 18.8 Å². The lowest BCUT2D eigenvalue weighted by molar-refractivity contribution is -0.136. The van der Waals surface area contributed by atoms with Gasteiger partial charge in [0, 0.05) is 40.0 Å². The first kappa shape index (κ1) is 45.2. The van der Waals surface area contributed by atoms with Crippen LogP contribution in [-0.2, 0) is 19.1 Å². The Hall–Kier alpha value is -6.62. The molecule has 1 unspecified atom stereocenters. The summed E-state index contributed by atoms with van der Waals surface area (Å²) < 4.78 is 19.1. The SMILES string of the molecule is COC(=O)N[C@H](C(=O)N1CCC[C@H]1c1ncc(-c2cc(C)c3c(c2)OC(c2ccc(C4CC4)s2)n2c-3cc3cc(-c4cnc([C@@H]5CCCN5C(=O)[C@@H](NC(=O)OC)C(C)C)[nH]4)ccc32)[nH]1)C(C)C. The molecular formula is C51H59N9O7S. The first-order chi connectivity index (χ1) is 32.8. The third-order valence-electron chi connectivity index (χ3n) is 14.0. The Balaban J connectivity index is 0.963. The van der Waals surface area contributed by atoms with E-state index in [1.807, 2.05) is 61.2 Å². The van der Waals surface area contributed by atoms with Crippen LogP contribution in [0.5, 0.6) is 5.75 Å². The third kappa shape index (κ3) is 8.28. The molecule has 0 bridgehead atoms. The van der Waals surface area contributed by atoms with Crippen molar-refractivity contribution in [2.75, 3.05) is 27.3 Å². The molecule has 5 atom stereocenters. The van der Waals surface area contributed by atoms with Crippen molar-refractivity contribution >= 4 is 46.2 Å². The average molecular weight is 942 g/mol. The van der Waals surface area contributed by atoms with Crippen LogP contribution in [0.2, 0.25) is 0 Å². The molecule has 4 aromatic heterocycles. The fraction of sp³-hybridized carbons (Fsp3) is 0.451. The number of aromatic nitrogens is 5. The number of imidazole rings is 2. The number of methoxy groups -OCH3 is 2. The van der Waals surface area contributed by atoms with E-state index >= 15 is 0 Å². The van der Waals surface area contributed by atoms with Gasteiger partial charge in [-0.25, -0.2) is 19.6 Å². The minimum Gasteiger partial charge on any atom is -0.464 e. The zero-order valence-electron chi connectivity index (χ0n) is 39.6. The summed E-state index contributed by atoms with van der Waals surface area (Å²) in [4.78, 5) is 74.9. The number of thiophene rings is 1. The largest absolute Gasteiger partial charge is 0.464 e. The van der Waals surface area contributed by atoms with Gasteiger partial charge in [0.25, 0.3) is 0 Å². The molecule has 1 aliphatic carbocycles. The summed E-state index contributed by atoms with van der Waals surface area (Å²) in [7, 11) is 2.59. The van der Waals surface area contributed by atoms with Crippen molar-refractivity contribution in [3.8, 4) is 39.5 Å². The van der Waals surface area contributed by atoms with Gasteiger partial charge in [0.05, 0.1) is 66.2 Å². The van der Waals surface area contributed by atoms with Gasteiger partial charge >= 0.3 is 12.2 Å². The summed E-state index contributed by atoms with van der Waals surface area (Å²) in [6.45, 7) is 10.9. The molecule has 2 saturated heterocycles. The molecule has 0 spiro atoms. The van der Waals surface area contributed by atoms with Crippen molar-refractivity contribution in [2.45, 2.75) is 109 Å². The number of hydrogen-bond donors (Lipinski definition) is 4. The number of H-pyrrole nitrogens is 2. The number of aromatic amines is 2. The Morgan fingerprint density at radius 2 is 1.31 bits per heavy atom. The van der Waals surface area contributed by atoms with Gasteiger partial charge in [-0.2, -0.15) is 0 Å². The van der Waals surface area contributed by atoms with Crippen molar-refractivity contribution in [1.82, 2.24) is 44.9 Å². The number of carbonyl (C=O) groups excluding carboxylic acids is 4. The highest BCUT2D eigenvalue weighted by molar-refractivity contribution is 7.12. The van der Waals surface area contributed by atoms with Crippen LogP contribution in [0.15, 0.2) is 60.9 Å². The molecule has 2 aromatic carbocycles. The Labute approximate surface area is 399 Å². The molecular weight excluding hydrogens is 883 g/mol. The number of aryl methyl sites for hydroxylation is 1. The molecule has 3 fully saturated rings. The fourth-order valence-corrected chi connectivity index (χ4v) is 11.5. The van der Waals surface area contributed by atoms with Gasteiger partial charge in [0.1, 0.15) is 29.5 Å². The lowest BCUT2D eigenvalue weighted by atomic mass is 9.98. The van der Waals surface area contributed by atoms with Crippen LogP contribution in [0.1, 0.15) is 117 Å². The Morgan fingerprint density at radius 3 is 1.87 bits per heavy atom. The molecule has 356 valence electrons. The standard InChI is InChI=1S/C51H59N9O7S/c1-26(2)43(56-50(63)65-6)47(61)58-18-8-10-36(58)45-52-24-33(54-45)30-14-15-35-32(21-30)22-38-42-28(5)20-31(23-39(42)67-49(60(35)38)41-17-16-40(68-41)29-12-13-29)34-25-53-46(55-34)37-11-9-19-59(37)48(62)44(27(3)4)57-51(64)66-7/h14-17,20-27,29,36-37,43-44,49H,8-13,18-19H2,1-7H3,(H,52,54)(H,53,55)(H,56,63)(H,57,64)/t36-,37-,43-,44-,49?/m0/s1. The summed E-state index contributed by atoms with van der Waals surface area (Å²) in [5.41, 5.74) is 7.73. The maximum atomic E-state index is 13.9. The highest BCUT2D eigenvalue weighted by Gasteiger charge is 2.40. The summed E-state index contributed by atoms with van der Waals surface area (Å²) >= 11 is 1.82. The molecule has 6 aromatic rings. The maximum Gasteiger partial charge on any atom is 0.407 e. The van der Waals surface area contributed by atoms with E-state index in [-0.39, 0.29) is 35.7 Å². The average Bonchev–Trinajstić information content (AvgIpc) is 4.05. The van der Waals surface area contributed by atoms with Crippen LogP contribution < -0.4 is 15.4 Å². The highest BCUT2D eigenvalue weighted by Crippen LogP contribution is 2.50. The summed E-state index contributed by atoms with van der Waals surface area (Å²) in [6.07, 6.45) is 7.62. The molecule has 1 saturated carbocycles. The Bertz CT molecular complexity index is 2910. The van der Waals surface area contributed by atoms with Crippen molar-refractivity contribution < 1.29 is 33.4 Å². The first-order valence-corrected chi connectivity index (χ1v) is 24.6. The van der Waals surface area contributed by atoms with E-state index < -0.39 is 30.5 Å². The molecule has 10 rings (SSSR count). The van der Waals surface area contributed by atoms with Crippen LogP contribution >= 0.6 is 11.3 Å². The normalized spacial score (nSPS) is 19.8. The summed E-state index contributed by atoms with van der Waals surface area (Å²) in [5.74, 6) is 2.26. The number of hydrogen-bond acceptors (Lipinski definition) is 10. The number of nitrogens with one attached hydrogen (secondary N) is 4. The topological polar surface area (TPSA) is 189 Å². The second-order valence-electron chi connectivity index (χ2n) is 19.3. The predicted octanol–water partition coefficient (Wildman–Crippen LogP) is 9.36. The Morgan fingerprint density at radius 1 is 0.735 bits per heavy atom. The fourth-order valence-electron chi connectivity index (χ4n) is 10.3. The van der Waals surface area contributed by atoms with Gasteiger partial charge in [-0.3, -0.25) is 14.2 Å². The maximum absolute atomic E-state index is 13.9. The number of alkyl carbamates (subject to hydrolysis) is 2. The van der Waals surface area contributed by atoms with Gasteiger partial charge in [-0.15, -0.1) is 11.3 Å². The minimum absolute atomic E-state index is 0.126. The van der Waals surface area contributed by atoms with E-state index in [4.69, 9.17) is 24.2 Å².